The van der Waals surface area contributed by atoms with Crippen LogP contribution in [0.5, 0.6) is 0 Å². The fraction of sp³-hybridized carbons (Fsp3) is 0.643. The SMILES string of the molecule is CC(C)(C)OC(=O)N1Cc2ccsc2C(CCO)C1. The number of thiophene rings is 1. The van der Waals surface area contributed by atoms with E-state index in [4.69, 9.17) is 9.84 Å². The zero-order valence-corrected chi connectivity index (χ0v) is 12.5. The highest BCUT2D eigenvalue weighted by atomic mass is 32.1. The molecule has 2 heterocycles. The molecule has 0 fully saturated rings. The summed E-state index contributed by atoms with van der Waals surface area (Å²) in [6, 6.07) is 2.06. The molecule has 1 aromatic heterocycles. The number of rotatable bonds is 2. The topological polar surface area (TPSA) is 49.8 Å². The molecular formula is C14H21NO3S. The van der Waals surface area contributed by atoms with Crippen LogP contribution in [0.4, 0.5) is 4.79 Å². The van der Waals surface area contributed by atoms with Gasteiger partial charge in [0.05, 0.1) is 6.54 Å². The summed E-state index contributed by atoms with van der Waals surface area (Å²) < 4.78 is 5.42. The van der Waals surface area contributed by atoms with Gasteiger partial charge in [0.25, 0.3) is 0 Å². The first-order valence-electron chi connectivity index (χ1n) is 6.56. The molecule has 2 rings (SSSR count). The molecule has 1 aromatic rings. The maximum Gasteiger partial charge on any atom is 0.410 e. The Bertz CT molecular complexity index is 450. The second-order valence-corrected chi connectivity index (χ2v) is 6.83. The third kappa shape index (κ3) is 3.48. The number of amides is 1. The molecule has 1 aliphatic heterocycles. The molecule has 1 unspecified atom stereocenters. The van der Waals surface area contributed by atoms with Crippen molar-refractivity contribution in [2.75, 3.05) is 13.2 Å². The van der Waals surface area contributed by atoms with Crippen LogP contribution in [0.25, 0.3) is 0 Å². The number of fused-ring (bicyclic) bond motifs is 1. The Labute approximate surface area is 118 Å². The van der Waals surface area contributed by atoms with Crippen molar-refractivity contribution in [3.8, 4) is 0 Å². The number of nitrogens with zero attached hydrogens (tertiary/aromatic N) is 1. The molecule has 1 aliphatic rings. The van der Waals surface area contributed by atoms with Crippen LogP contribution in [0.1, 0.15) is 43.6 Å². The molecule has 0 saturated carbocycles. The van der Waals surface area contributed by atoms with Gasteiger partial charge in [-0.2, -0.15) is 0 Å². The van der Waals surface area contributed by atoms with Gasteiger partial charge in [0.15, 0.2) is 0 Å². The molecule has 1 atom stereocenters. The molecule has 1 amide bonds. The molecule has 4 nitrogen and oxygen atoms in total. The lowest BCUT2D eigenvalue weighted by Crippen LogP contribution is -2.41. The van der Waals surface area contributed by atoms with Gasteiger partial charge in [-0.1, -0.05) is 0 Å². The standard InChI is InChI=1S/C14H21NO3S/c1-14(2,3)18-13(17)15-8-10(4-6-16)12-11(9-15)5-7-19-12/h5,7,10,16H,4,6,8-9H2,1-3H3. The Hall–Kier alpha value is -1.07. The van der Waals surface area contributed by atoms with Gasteiger partial charge in [-0.3, -0.25) is 0 Å². The second-order valence-electron chi connectivity index (χ2n) is 5.88. The number of aliphatic hydroxyl groups excluding tert-OH is 1. The highest BCUT2D eigenvalue weighted by Gasteiger charge is 2.31. The van der Waals surface area contributed by atoms with E-state index in [2.05, 4.69) is 6.07 Å². The summed E-state index contributed by atoms with van der Waals surface area (Å²) in [6.45, 7) is 6.99. The van der Waals surface area contributed by atoms with Crippen LogP contribution in [-0.2, 0) is 11.3 Å². The van der Waals surface area contributed by atoms with Crippen molar-refractivity contribution in [2.24, 2.45) is 0 Å². The summed E-state index contributed by atoms with van der Waals surface area (Å²) in [5, 5.41) is 11.2. The molecular weight excluding hydrogens is 262 g/mol. The third-order valence-electron chi connectivity index (χ3n) is 3.08. The lowest BCUT2D eigenvalue weighted by Gasteiger charge is -2.34. The van der Waals surface area contributed by atoms with E-state index in [0.29, 0.717) is 19.5 Å². The van der Waals surface area contributed by atoms with Crippen LogP contribution < -0.4 is 0 Å². The quantitative estimate of drug-likeness (QED) is 0.908. The zero-order chi connectivity index (χ0) is 14.0. The monoisotopic (exact) mass is 283 g/mol. The van der Waals surface area contributed by atoms with Crippen LogP contribution in [0.15, 0.2) is 11.4 Å². The Kier molecular flexibility index (Phi) is 4.16. The average Bonchev–Trinajstić information content (AvgIpc) is 2.75. The molecule has 0 bridgehead atoms. The number of carbonyl (C=O) groups excluding carboxylic acids is 1. The van der Waals surface area contributed by atoms with E-state index in [1.54, 1.807) is 16.2 Å². The summed E-state index contributed by atoms with van der Waals surface area (Å²) in [7, 11) is 0. The molecule has 106 valence electrons. The molecule has 0 saturated heterocycles. The van der Waals surface area contributed by atoms with Crippen LogP contribution in [-0.4, -0.2) is 34.9 Å². The minimum absolute atomic E-state index is 0.143. The van der Waals surface area contributed by atoms with Crippen molar-refractivity contribution < 1.29 is 14.6 Å². The highest BCUT2D eigenvalue weighted by molar-refractivity contribution is 7.10. The Morgan fingerprint density at radius 1 is 1.58 bits per heavy atom. The van der Waals surface area contributed by atoms with Crippen molar-refractivity contribution in [2.45, 2.75) is 45.3 Å². The molecule has 0 spiro atoms. The largest absolute Gasteiger partial charge is 0.444 e. The Morgan fingerprint density at radius 3 is 2.95 bits per heavy atom. The summed E-state index contributed by atoms with van der Waals surface area (Å²) >= 11 is 1.71. The average molecular weight is 283 g/mol. The number of aliphatic hydroxyl groups is 1. The smallest absolute Gasteiger partial charge is 0.410 e. The first-order valence-corrected chi connectivity index (χ1v) is 7.43. The van der Waals surface area contributed by atoms with Gasteiger partial charge >= 0.3 is 6.09 Å². The van der Waals surface area contributed by atoms with E-state index in [1.165, 1.54) is 10.4 Å². The normalized spacial score (nSPS) is 19.2. The number of hydrogen-bond acceptors (Lipinski definition) is 4. The van der Waals surface area contributed by atoms with Crippen molar-refractivity contribution >= 4 is 17.4 Å². The molecule has 0 aromatic carbocycles. The van der Waals surface area contributed by atoms with E-state index in [1.807, 2.05) is 26.2 Å². The van der Waals surface area contributed by atoms with E-state index in [0.717, 1.165) is 0 Å². The van der Waals surface area contributed by atoms with Gasteiger partial charge in [0.2, 0.25) is 0 Å². The first-order chi connectivity index (χ1) is 8.90. The van der Waals surface area contributed by atoms with Gasteiger partial charge in [0.1, 0.15) is 5.60 Å². The van der Waals surface area contributed by atoms with Gasteiger partial charge in [-0.05, 0) is 44.2 Å². The summed E-state index contributed by atoms with van der Waals surface area (Å²) in [4.78, 5) is 15.2. The Balaban J connectivity index is 2.12. The highest BCUT2D eigenvalue weighted by Crippen LogP contribution is 2.35. The minimum atomic E-state index is -0.474. The van der Waals surface area contributed by atoms with Crippen LogP contribution in [0, 0.1) is 0 Å². The Morgan fingerprint density at radius 2 is 2.32 bits per heavy atom. The maximum atomic E-state index is 12.1. The second kappa shape index (κ2) is 5.51. The summed E-state index contributed by atoms with van der Waals surface area (Å²) in [5.74, 6) is 0.223. The molecule has 1 N–H and O–H groups in total. The van der Waals surface area contributed by atoms with Gasteiger partial charge in [-0.25, -0.2) is 4.79 Å². The van der Waals surface area contributed by atoms with Crippen LogP contribution >= 0.6 is 11.3 Å². The molecule has 19 heavy (non-hydrogen) atoms. The van der Waals surface area contributed by atoms with Gasteiger partial charge in [-0.15, -0.1) is 11.3 Å². The predicted molar refractivity (Wildman–Crippen MR) is 75.4 cm³/mol. The summed E-state index contributed by atoms with van der Waals surface area (Å²) in [6.07, 6.45) is 0.416. The van der Waals surface area contributed by atoms with E-state index >= 15 is 0 Å². The minimum Gasteiger partial charge on any atom is -0.444 e. The van der Waals surface area contributed by atoms with Crippen LogP contribution in [0.2, 0.25) is 0 Å². The van der Waals surface area contributed by atoms with Crippen molar-refractivity contribution in [3.05, 3.63) is 21.9 Å². The molecule has 0 radical (unpaired) electrons. The van der Waals surface area contributed by atoms with E-state index in [9.17, 15) is 4.79 Å². The maximum absolute atomic E-state index is 12.1. The van der Waals surface area contributed by atoms with Gasteiger partial charge in [0, 0.05) is 23.9 Å². The van der Waals surface area contributed by atoms with Crippen LogP contribution in [0.3, 0.4) is 0 Å². The number of ether oxygens (including phenoxy) is 1. The van der Waals surface area contributed by atoms with Crippen molar-refractivity contribution in [1.29, 1.82) is 0 Å². The third-order valence-corrected chi connectivity index (χ3v) is 4.20. The van der Waals surface area contributed by atoms with E-state index in [-0.39, 0.29) is 18.6 Å². The number of carbonyl (C=O) groups is 1. The first kappa shape index (κ1) is 14.3. The fourth-order valence-electron chi connectivity index (χ4n) is 2.30. The molecule has 0 aliphatic carbocycles. The van der Waals surface area contributed by atoms with Crippen molar-refractivity contribution in [1.82, 2.24) is 4.90 Å². The summed E-state index contributed by atoms with van der Waals surface area (Å²) in [5.41, 5.74) is 0.707. The van der Waals surface area contributed by atoms with Gasteiger partial charge < -0.3 is 14.7 Å². The van der Waals surface area contributed by atoms with Crippen molar-refractivity contribution in [3.63, 3.8) is 0 Å². The predicted octanol–water partition coefficient (Wildman–Crippen LogP) is 2.96. The lowest BCUT2D eigenvalue weighted by atomic mass is 9.96. The lowest BCUT2D eigenvalue weighted by molar-refractivity contribution is 0.0201. The zero-order valence-electron chi connectivity index (χ0n) is 11.7. The molecule has 5 heteroatoms. The van der Waals surface area contributed by atoms with E-state index < -0.39 is 5.60 Å². The number of hydrogen-bond donors (Lipinski definition) is 1. The fourth-order valence-corrected chi connectivity index (χ4v) is 3.35.